The predicted molar refractivity (Wildman–Crippen MR) is 75.5 cm³/mol. The SMILES string of the molecule is CCc1nsc(Oc2ccc(N)c3cccnc23)n1. The Morgan fingerprint density at radius 1 is 1.32 bits per heavy atom. The molecule has 0 aliphatic heterocycles. The van der Waals surface area contributed by atoms with Crippen LogP contribution in [-0.4, -0.2) is 14.3 Å². The van der Waals surface area contributed by atoms with Crippen LogP contribution in [0.15, 0.2) is 30.5 Å². The summed E-state index contributed by atoms with van der Waals surface area (Å²) in [5.41, 5.74) is 7.34. The number of aromatic nitrogens is 3. The molecule has 0 aliphatic rings. The van der Waals surface area contributed by atoms with Gasteiger partial charge in [0.2, 0.25) is 0 Å². The van der Waals surface area contributed by atoms with E-state index in [2.05, 4.69) is 14.3 Å². The first kappa shape index (κ1) is 11.9. The van der Waals surface area contributed by atoms with Gasteiger partial charge in [-0.2, -0.15) is 9.36 Å². The van der Waals surface area contributed by atoms with Crippen LogP contribution in [0, 0.1) is 0 Å². The highest BCUT2D eigenvalue weighted by molar-refractivity contribution is 7.07. The third-order valence-electron chi connectivity index (χ3n) is 2.73. The number of benzene rings is 1. The second kappa shape index (κ2) is 4.81. The Morgan fingerprint density at radius 3 is 3.00 bits per heavy atom. The maximum Gasteiger partial charge on any atom is 0.298 e. The minimum atomic E-state index is 0.522. The quantitative estimate of drug-likeness (QED) is 0.742. The zero-order chi connectivity index (χ0) is 13.2. The minimum Gasteiger partial charge on any atom is -0.428 e. The monoisotopic (exact) mass is 272 g/mol. The van der Waals surface area contributed by atoms with Crippen molar-refractivity contribution >= 4 is 28.1 Å². The maximum atomic E-state index is 5.92. The van der Waals surface area contributed by atoms with Crippen molar-refractivity contribution < 1.29 is 4.74 Å². The highest BCUT2D eigenvalue weighted by Gasteiger charge is 2.10. The normalized spacial score (nSPS) is 10.8. The lowest BCUT2D eigenvalue weighted by Crippen LogP contribution is -1.92. The smallest absolute Gasteiger partial charge is 0.298 e. The molecule has 3 rings (SSSR count). The summed E-state index contributed by atoms with van der Waals surface area (Å²) in [6.07, 6.45) is 2.51. The summed E-state index contributed by atoms with van der Waals surface area (Å²) in [6.45, 7) is 2.01. The summed E-state index contributed by atoms with van der Waals surface area (Å²) >= 11 is 1.24. The average Bonchev–Trinajstić information content (AvgIpc) is 2.90. The molecular weight excluding hydrogens is 260 g/mol. The van der Waals surface area contributed by atoms with E-state index in [0.717, 1.165) is 23.1 Å². The molecule has 5 nitrogen and oxygen atoms in total. The fourth-order valence-electron chi connectivity index (χ4n) is 1.77. The molecule has 2 N–H and O–H groups in total. The van der Waals surface area contributed by atoms with Gasteiger partial charge in [-0.05, 0) is 24.3 Å². The zero-order valence-electron chi connectivity index (χ0n) is 10.3. The number of rotatable bonds is 3. The van der Waals surface area contributed by atoms with Crippen LogP contribution < -0.4 is 10.5 Å². The van der Waals surface area contributed by atoms with Crippen LogP contribution in [0.1, 0.15) is 12.7 Å². The first-order valence-corrected chi connectivity index (χ1v) is 6.69. The zero-order valence-corrected chi connectivity index (χ0v) is 11.1. The number of hydrogen-bond acceptors (Lipinski definition) is 6. The van der Waals surface area contributed by atoms with Gasteiger partial charge < -0.3 is 10.5 Å². The van der Waals surface area contributed by atoms with Crippen molar-refractivity contribution in [3.8, 4) is 10.9 Å². The van der Waals surface area contributed by atoms with E-state index in [1.807, 2.05) is 19.1 Å². The standard InChI is InChI=1S/C13H12N4OS/c1-2-11-16-13(19-17-11)18-10-6-5-9(14)8-4-3-7-15-12(8)10/h3-7H,2,14H2,1H3. The molecule has 0 fully saturated rings. The number of nitrogens with two attached hydrogens (primary N) is 1. The number of nitrogen functional groups attached to an aromatic ring is 1. The van der Waals surface area contributed by atoms with Crippen LogP contribution in [0.4, 0.5) is 5.69 Å². The highest BCUT2D eigenvalue weighted by Crippen LogP contribution is 2.32. The number of fused-ring (bicyclic) bond motifs is 1. The molecule has 0 radical (unpaired) electrons. The first-order valence-electron chi connectivity index (χ1n) is 5.91. The Hall–Kier alpha value is -2.21. The largest absolute Gasteiger partial charge is 0.428 e. The molecule has 0 atom stereocenters. The van der Waals surface area contributed by atoms with Crippen LogP contribution in [-0.2, 0) is 6.42 Å². The van der Waals surface area contributed by atoms with Crippen molar-refractivity contribution in [1.29, 1.82) is 0 Å². The van der Waals surface area contributed by atoms with Gasteiger partial charge in [-0.3, -0.25) is 4.98 Å². The second-order valence-corrected chi connectivity index (χ2v) is 4.70. The van der Waals surface area contributed by atoms with Gasteiger partial charge >= 0.3 is 0 Å². The molecule has 0 unspecified atom stereocenters. The highest BCUT2D eigenvalue weighted by atomic mass is 32.1. The lowest BCUT2D eigenvalue weighted by atomic mass is 10.2. The van der Waals surface area contributed by atoms with Crippen LogP contribution in [0.5, 0.6) is 10.9 Å². The Labute approximate surface area is 114 Å². The average molecular weight is 272 g/mol. The molecule has 0 saturated heterocycles. The van der Waals surface area contributed by atoms with Crippen molar-refractivity contribution in [2.24, 2.45) is 0 Å². The fourth-order valence-corrected chi connectivity index (χ4v) is 2.39. The van der Waals surface area contributed by atoms with Gasteiger partial charge in [0.15, 0.2) is 5.75 Å². The third-order valence-corrected chi connectivity index (χ3v) is 3.36. The van der Waals surface area contributed by atoms with E-state index < -0.39 is 0 Å². The van der Waals surface area contributed by atoms with E-state index in [1.54, 1.807) is 18.3 Å². The van der Waals surface area contributed by atoms with Crippen molar-refractivity contribution in [3.05, 3.63) is 36.3 Å². The van der Waals surface area contributed by atoms with Crippen LogP contribution in [0.3, 0.4) is 0 Å². The third kappa shape index (κ3) is 2.22. The maximum absolute atomic E-state index is 5.92. The second-order valence-electron chi connectivity index (χ2n) is 3.98. The Bertz CT molecular complexity index is 725. The molecular formula is C13H12N4OS. The summed E-state index contributed by atoms with van der Waals surface area (Å²) in [5.74, 6) is 1.43. The van der Waals surface area contributed by atoms with Gasteiger partial charge in [-0.1, -0.05) is 6.92 Å². The van der Waals surface area contributed by atoms with Gasteiger partial charge in [0, 0.05) is 35.2 Å². The van der Waals surface area contributed by atoms with E-state index in [9.17, 15) is 0 Å². The van der Waals surface area contributed by atoms with Crippen molar-refractivity contribution in [3.63, 3.8) is 0 Å². The number of pyridine rings is 1. The Morgan fingerprint density at radius 2 is 2.21 bits per heavy atom. The van der Waals surface area contributed by atoms with Crippen molar-refractivity contribution in [2.45, 2.75) is 13.3 Å². The van der Waals surface area contributed by atoms with Crippen molar-refractivity contribution in [1.82, 2.24) is 14.3 Å². The molecule has 19 heavy (non-hydrogen) atoms. The summed E-state index contributed by atoms with van der Waals surface area (Å²) < 4.78 is 9.94. The molecule has 6 heteroatoms. The molecule has 96 valence electrons. The summed E-state index contributed by atoms with van der Waals surface area (Å²) in [5, 5.41) is 1.40. The molecule has 0 saturated carbocycles. The molecule has 0 spiro atoms. The molecule has 2 heterocycles. The van der Waals surface area contributed by atoms with E-state index in [-0.39, 0.29) is 0 Å². The molecule has 2 aromatic heterocycles. The summed E-state index contributed by atoms with van der Waals surface area (Å²) in [4.78, 5) is 8.60. The lowest BCUT2D eigenvalue weighted by molar-refractivity contribution is 0.481. The number of hydrogen-bond donors (Lipinski definition) is 1. The van der Waals surface area contributed by atoms with E-state index >= 15 is 0 Å². The molecule has 0 bridgehead atoms. The van der Waals surface area contributed by atoms with Crippen LogP contribution in [0.25, 0.3) is 10.9 Å². The molecule has 1 aromatic carbocycles. The van der Waals surface area contributed by atoms with Gasteiger partial charge in [-0.25, -0.2) is 0 Å². The van der Waals surface area contributed by atoms with Gasteiger partial charge in [0.05, 0.1) is 0 Å². The molecule has 3 aromatic rings. The molecule has 0 aliphatic carbocycles. The van der Waals surface area contributed by atoms with Crippen molar-refractivity contribution in [2.75, 3.05) is 5.73 Å². The topological polar surface area (TPSA) is 73.9 Å². The Balaban J connectivity index is 2.03. The summed E-state index contributed by atoms with van der Waals surface area (Å²) in [6, 6.07) is 7.38. The minimum absolute atomic E-state index is 0.522. The number of anilines is 1. The van der Waals surface area contributed by atoms with Gasteiger partial charge in [0.1, 0.15) is 11.3 Å². The number of nitrogens with zero attached hydrogens (tertiary/aromatic N) is 3. The van der Waals surface area contributed by atoms with Gasteiger partial charge in [-0.15, -0.1) is 0 Å². The fraction of sp³-hybridized carbons (Fsp3) is 0.154. The van der Waals surface area contributed by atoms with E-state index in [0.29, 0.717) is 16.6 Å². The number of aryl methyl sites for hydroxylation is 1. The van der Waals surface area contributed by atoms with Gasteiger partial charge in [0.25, 0.3) is 5.19 Å². The lowest BCUT2D eigenvalue weighted by Gasteiger charge is -2.06. The summed E-state index contributed by atoms with van der Waals surface area (Å²) in [7, 11) is 0. The predicted octanol–water partition coefficient (Wildman–Crippen LogP) is 3.02. The first-order chi connectivity index (χ1) is 9.28. The number of ether oxygens (including phenoxy) is 1. The molecule has 0 amide bonds. The van der Waals surface area contributed by atoms with Crippen LogP contribution >= 0.6 is 11.5 Å². The Kier molecular flexibility index (Phi) is 3.00. The van der Waals surface area contributed by atoms with E-state index in [1.165, 1.54) is 11.5 Å². The van der Waals surface area contributed by atoms with Crippen LogP contribution in [0.2, 0.25) is 0 Å². The van der Waals surface area contributed by atoms with E-state index in [4.69, 9.17) is 10.5 Å².